The molecule has 0 radical (unpaired) electrons. The van der Waals surface area contributed by atoms with Crippen LogP contribution in [-0.4, -0.2) is 18.8 Å². The van der Waals surface area contributed by atoms with E-state index in [0.29, 0.717) is 16.9 Å². The normalized spacial score (nSPS) is 10.2. The number of ether oxygens (including phenoxy) is 1. The molecule has 0 unspecified atom stereocenters. The molecule has 1 amide bonds. The Labute approximate surface area is 128 Å². The smallest absolute Gasteiger partial charge is 0.269 e. The van der Waals surface area contributed by atoms with Crippen LogP contribution in [0, 0.1) is 0 Å². The van der Waals surface area contributed by atoms with Gasteiger partial charge in [-0.3, -0.25) is 15.0 Å². The van der Waals surface area contributed by atoms with Crippen LogP contribution >= 0.6 is 0 Å². The molecule has 0 atom stereocenters. The van der Waals surface area contributed by atoms with Gasteiger partial charge in [-0.15, -0.1) is 0 Å². The summed E-state index contributed by atoms with van der Waals surface area (Å²) in [5.74, 6) is 0.127. The van der Waals surface area contributed by atoms with Gasteiger partial charge < -0.3 is 10.2 Å². The molecule has 0 heterocycles. The Morgan fingerprint density at radius 1 is 1.00 bits per heavy atom. The Morgan fingerprint density at radius 2 is 1.73 bits per heavy atom. The molecule has 2 aromatic rings. The van der Waals surface area contributed by atoms with Crippen LogP contribution in [-0.2, 0) is 0 Å². The van der Waals surface area contributed by atoms with Gasteiger partial charge in [0.1, 0.15) is 5.75 Å². The third-order valence-electron chi connectivity index (χ3n) is 2.89. The van der Waals surface area contributed by atoms with E-state index in [1.54, 1.807) is 48.5 Å². The number of carbonyl (C=O) groups is 2. The summed E-state index contributed by atoms with van der Waals surface area (Å²) in [5.41, 5.74) is 6.09. The molecule has 0 bridgehead atoms. The number of hydrogen-bond acceptors (Lipinski definition) is 4. The third-order valence-corrected chi connectivity index (χ3v) is 2.89. The number of benzene rings is 2. The monoisotopic (exact) mass is 296 g/mol. The van der Waals surface area contributed by atoms with Crippen LogP contribution in [0.5, 0.6) is 5.75 Å². The van der Waals surface area contributed by atoms with Crippen LogP contribution in [0.4, 0.5) is 0 Å². The van der Waals surface area contributed by atoms with Gasteiger partial charge in [0.25, 0.3) is 5.91 Å². The first-order valence-corrected chi connectivity index (χ1v) is 6.66. The van der Waals surface area contributed by atoms with Crippen LogP contribution in [0.15, 0.2) is 66.9 Å². The number of amides is 1. The third kappa shape index (κ3) is 4.21. The van der Waals surface area contributed by atoms with Crippen molar-refractivity contribution in [3.63, 3.8) is 0 Å². The summed E-state index contributed by atoms with van der Waals surface area (Å²) < 4.78 is 5.05. The van der Waals surface area contributed by atoms with Gasteiger partial charge in [0.2, 0.25) is 0 Å². The number of hydrogen-bond donors (Lipinski definition) is 2. The highest BCUT2D eigenvalue weighted by molar-refractivity contribution is 6.04. The average molecular weight is 296 g/mol. The molecule has 22 heavy (non-hydrogen) atoms. The fourth-order valence-corrected chi connectivity index (χ4v) is 1.76. The lowest BCUT2D eigenvalue weighted by Gasteiger charge is -2.06. The van der Waals surface area contributed by atoms with Crippen molar-refractivity contribution in [3.8, 4) is 5.75 Å². The molecular formula is C17H16N2O3. The Hall–Kier alpha value is -3.08. The zero-order valence-corrected chi connectivity index (χ0v) is 12.1. The minimum atomic E-state index is -0.323. The maximum Gasteiger partial charge on any atom is 0.269 e. The molecule has 0 spiro atoms. The highest BCUT2D eigenvalue weighted by Gasteiger charge is 2.05. The van der Waals surface area contributed by atoms with E-state index >= 15 is 0 Å². The Balaban J connectivity index is 1.86. The first kappa shape index (κ1) is 15.3. The number of carbonyl (C=O) groups excluding carboxylic acids is 2. The Morgan fingerprint density at radius 3 is 2.45 bits per heavy atom. The van der Waals surface area contributed by atoms with Crippen molar-refractivity contribution in [2.75, 3.05) is 7.11 Å². The predicted octanol–water partition coefficient (Wildman–Crippen LogP) is 2.33. The maximum absolute atomic E-state index is 11.9. The molecule has 5 heteroatoms. The van der Waals surface area contributed by atoms with Crippen LogP contribution in [0.2, 0.25) is 0 Å². The molecule has 0 aliphatic heterocycles. The summed E-state index contributed by atoms with van der Waals surface area (Å²) in [6.07, 6.45) is 2.73. The van der Waals surface area contributed by atoms with Crippen LogP contribution < -0.4 is 15.6 Å². The van der Waals surface area contributed by atoms with Crippen molar-refractivity contribution in [3.05, 3.63) is 78.0 Å². The van der Waals surface area contributed by atoms with Crippen molar-refractivity contribution in [1.82, 2.24) is 10.9 Å². The number of nitrogens with one attached hydrogen (secondary N) is 2. The van der Waals surface area contributed by atoms with E-state index in [9.17, 15) is 9.59 Å². The fourth-order valence-electron chi connectivity index (χ4n) is 1.76. The molecule has 0 fully saturated rings. The topological polar surface area (TPSA) is 67.4 Å². The zero-order chi connectivity index (χ0) is 15.8. The zero-order valence-electron chi connectivity index (χ0n) is 12.1. The molecule has 0 saturated carbocycles. The van der Waals surface area contributed by atoms with Crippen molar-refractivity contribution in [1.29, 1.82) is 0 Å². The number of rotatable bonds is 6. The standard InChI is InChI=1S/C17H16N2O3/c1-22-15-9-5-8-14(12-15)17(21)19-18-11-10-16(20)13-6-3-2-4-7-13/h2-12,18H,1H3,(H,19,21)/b11-10-. The number of methoxy groups -OCH3 is 1. The molecule has 0 saturated heterocycles. The summed E-state index contributed by atoms with van der Waals surface area (Å²) in [6.45, 7) is 0. The summed E-state index contributed by atoms with van der Waals surface area (Å²) in [7, 11) is 1.53. The summed E-state index contributed by atoms with van der Waals surface area (Å²) >= 11 is 0. The van der Waals surface area contributed by atoms with Gasteiger partial charge in [-0.1, -0.05) is 36.4 Å². The molecular weight excluding hydrogens is 280 g/mol. The number of hydrazine groups is 1. The second-order valence-corrected chi connectivity index (χ2v) is 4.39. The van der Waals surface area contributed by atoms with Crippen LogP contribution in [0.3, 0.4) is 0 Å². The Kier molecular flexibility index (Phi) is 5.31. The van der Waals surface area contributed by atoms with Crippen LogP contribution in [0.25, 0.3) is 0 Å². The lowest BCUT2D eigenvalue weighted by Crippen LogP contribution is -2.33. The van der Waals surface area contributed by atoms with Gasteiger partial charge in [-0.2, -0.15) is 0 Å². The van der Waals surface area contributed by atoms with Gasteiger partial charge in [0, 0.05) is 23.4 Å². The SMILES string of the molecule is COc1cccc(C(=O)NN/C=C\C(=O)c2ccccc2)c1. The van der Waals surface area contributed by atoms with Crippen molar-refractivity contribution in [2.24, 2.45) is 0 Å². The largest absolute Gasteiger partial charge is 0.497 e. The number of ketones is 1. The molecule has 0 aliphatic rings. The summed E-state index contributed by atoms with van der Waals surface area (Å²) in [5, 5.41) is 0. The van der Waals surface area contributed by atoms with Gasteiger partial charge in [0.15, 0.2) is 5.78 Å². The van der Waals surface area contributed by atoms with Gasteiger partial charge >= 0.3 is 0 Å². The molecule has 0 aliphatic carbocycles. The van der Waals surface area contributed by atoms with Crippen molar-refractivity contribution in [2.45, 2.75) is 0 Å². The van der Waals surface area contributed by atoms with Crippen LogP contribution in [0.1, 0.15) is 20.7 Å². The summed E-state index contributed by atoms with van der Waals surface area (Å²) in [6, 6.07) is 15.6. The second-order valence-electron chi connectivity index (χ2n) is 4.39. The van der Waals surface area contributed by atoms with Gasteiger partial charge in [-0.05, 0) is 18.2 Å². The molecule has 5 nitrogen and oxygen atoms in total. The fraction of sp³-hybridized carbons (Fsp3) is 0.0588. The number of allylic oxidation sites excluding steroid dienone is 1. The first-order chi connectivity index (χ1) is 10.7. The quantitative estimate of drug-likeness (QED) is 0.488. The Bertz CT molecular complexity index is 681. The van der Waals surface area contributed by atoms with Gasteiger partial charge in [0.05, 0.1) is 7.11 Å². The average Bonchev–Trinajstić information content (AvgIpc) is 2.59. The first-order valence-electron chi connectivity index (χ1n) is 6.66. The van der Waals surface area contributed by atoms with E-state index in [-0.39, 0.29) is 11.7 Å². The molecule has 112 valence electrons. The van der Waals surface area contributed by atoms with E-state index in [0.717, 1.165) is 0 Å². The highest BCUT2D eigenvalue weighted by atomic mass is 16.5. The molecule has 0 aromatic heterocycles. The van der Waals surface area contributed by atoms with Crippen molar-refractivity contribution >= 4 is 11.7 Å². The van der Waals surface area contributed by atoms with Gasteiger partial charge in [-0.25, -0.2) is 0 Å². The molecule has 2 aromatic carbocycles. The highest BCUT2D eigenvalue weighted by Crippen LogP contribution is 2.11. The van der Waals surface area contributed by atoms with Crippen molar-refractivity contribution < 1.29 is 14.3 Å². The van der Waals surface area contributed by atoms with E-state index in [1.165, 1.54) is 19.4 Å². The minimum Gasteiger partial charge on any atom is -0.497 e. The lowest BCUT2D eigenvalue weighted by atomic mass is 10.1. The summed E-state index contributed by atoms with van der Waals surface area (Å²) in [4.78, 5) is 23.7. The molecule has 2 N–H and O–H groups in total. The molecule has 2 rings (SSSR count). The minimum absolute atomic E-state index is 0.149. The maximum atomic E-state index is 11.9. The van der Waals surface area contributed by atoms with E-state index in [1.807, 2.05) is 6.07 Å². The second kappa shape index (κ2) is 7.64. The predicted molar refractivity (Wildman–Crippen MR) is 83.5 cm³/mol. The lowest BCUT2D eigenvalue weighted by molar-refractivity contribution is 0.0938. The van der Waals surface area contributed by atoms with E-state index in [2.05, 4.69) is 10.9 Å². The van der Waals surface area contributed by atoms with E-state index < -0.39 is 0 Å². The van der Waals surface area contributed by atoms with E-state index in [4.69, 9.17) is 4.74 Å².